The third kappa shape index (κ3) is 4.90. The molecule has 1 aromatic rings. The van der Waals surface area contributed by atoms with Gasteiger partial charge >= 0.3 is 0 Å². The van der Waals surface area contributed by atoms with E-state index in [-0.39, 0.29) is 22.8 Å². The lowest BCUT2D eigenvalue weighted by molar-refractivity contribution is -0.133. The minimum Gasteiger partial charge on any atom is -0.497 e. The number of nitrogens with one attached hydrogen (secondary N) is 1. The fourth-order valence-corrected chi connectivity index (χ4v) is 7.07. The third-order valence-corrected chi connectivity index (χ3v) is 9.18. The maximum Gasteiger partial charge on any atom is 0.229 e. The molecule has 5 rings (SSSR count). The van der Waals surface area contributed by atoms with Gasteiger partial charge in [-0.3, -0.25) is 9.79 Å². The number of amides is 1. The first-order chi connectivity index (χ1) is 16.8. The van der Waals surface area contributed by atoms with Gasteiger partial charge in [0, 0.05) is 37.1 Å². The molecule has 2 aliphatic heterocycles. The summed E-state index contributed by atoms with van der Waals surface area (Å²) < 4.78 is 5.38. The maximum atomic E-state index is 13.1. The number of carbonyl (C=O) groups excluding carboxylic acids is 1. The Balaban J connectivity index is 1.33. The molecule has 3 atom stereocenters. The lowest BCUT2D eigenvalue weighted by Gasteiger charge is -2.29. The van der Waals surface area contributed by atoms with E-state index in [1.165, 1.54) is 12.0 Å². The minimum absolute atomic E-state index is 0.0496. The van der Waals surface area contributed by atoms with E-state index in [1.54, 1.807) is 7.11 Å². The molecule has 2 fully saturated rings. The second-order valence-electron chi connectivity index (χ2n) is 11.1. The molecule has 1 N–H and O–H groups in total. The number of anilines is 1. The predicted octanol–water partition coefficient (Wildman–Crippen LogP) is 4.49. The highest BCUT2D eigenvalue weighted by molar-refractivity contribution is 8.15. The smallest absolute Gasteiger partial charge is 0.229 e. The Hall–Kier alpha value is -2.25. The van der Waals surface area contributed by atoms with E-state index >= 15 is 0 Å². The van der Waals surface area contributed by atoms with Gasteiger partial charge in [0.25, 0.3) is 0 Å². The number of hydrogen-bond donors (Lipinski definition) is 1. The molecule has 1 aromatic carbocycles. The van der Waals surface area contributed by atoms with Crippen LogP contribution in [0.1, 0.15) is 40.0 Å². The highest BCUT2D eigenvalue weighted by Gasteiger charge is 2.66. The molecule has 2 heterocycles. The summed E-state index contributed by atoms with van der Waals surface area (Å²) in [4.78, 5) is 22.8. The van der Waals surface area contributed by atoms with E-state index in [9.17, 15) is 4.79 Å². The summed E-state index contributed by atoms with van der Waals surface area (Å²) in [7, 11) is 1.70. The Bertz CT molecular complexity index is 1030. The number of rotatable bonds is 5. The number of carbonyl (C=O) groups is 1. The zero-order valence-electron chi connectivity index (χ0n) is 21.4. The molecular formula is C28H38N4O2S. The molecule has 6 nitrogen and oxygen atoms in total. The number of nitrogens with zero attached hydrogens (tertiary/aromatic N) is 3. The Morgan fingerprint density at radius 1 is 1.26 bits per heavy atom. The van der Waals surface area contributed by atoms with E-state index in [1.807, 2.05) is 28.8 Å². The van der Waals surface area contributed by atoms with Gasteiger partial charge in [-0.2, -0.15) is 0 Å². The van der Waals surface area contributed by atoms with E-state index in [0.717, 1.165) is 62.2 Å². The topological polar surface area (TPSA) is 57.2 Å². The van der Waals surface area contributed by atoms with E-state index in [4.69, 9.17) is 9.73 Å². The first kappa shape index (κ1) is 24.4. The van der Waals surface area contributed by atoms with Crippen LogP contribution < -0.4 is 15.0 Å². The zero-order valence-corrected chi connectivity index (χ0v) is 22.2. The Labute approximate surface area is 213 Å². The van der Waals surface area contributed by atoms with Crippen molar-refractivity contribution < 1.29 is 9.53 Å². The number of aliphatic imine (C=N–C) groups is 1. The van der Waals surface area contributed by atoms with Crippen molar-refractivity contribution in [1.29, 1.82) is 0 Å². The lowest BCUT2D eigenvalue weighted by Crippen LogP contribution is -2.38. The first-order valence-electron chi connectivity index (χ1n) is 12.9. The molecule has 3 unspecified atom stereocenters. The number of hydrogen-bond acceptors (Lipinski definition) is 6. The molecule has 1 amide bonds. The molecule has 2 aliphatic carbocycles. The Morgan fingerprint density at radius 2 is 2.06 bits per heavy atom. The summed E-state index contributed by atoms with van der Waals surface area (Å²) in [6, 6.07) is 8.25. The summed E-state index contributed by atoms with van der Waals surface area (Å²) in [5.74, 6) is 1.06. The Morgan fingerprint density at radius 3 is 2.71 bits per heavy atom. The summed E-state index contributed by atoms with van der Waals surface area (Å²) in [6.45, 7) is 11.2. The molecule has 188 valence electrons. The SMILES string of the molecule is COc1ccc(N(CC2=CCC(C(=O)N3CCCNCC3)C=C2)C2=NC3(C(C)(C)C)CC3S2)cc1. The minimum atomic E-state index is -0.0544. The van der Waals surface area contributed by atoms with Crippen molar-refractivity contribution >= 4 is 28.5 Å². The van der Waals surface area contributed by atoms with Crippen molar-refractivity contribution in [2.24, 2.45) is 16.3 Å². The van der Waals surface area contributed by atoms with Crippen LogP contribution in [0.2, 0.25) is 0 Å². The molecule has 0 radical (unpaired) electrons. The number of amidine groups is 1. The molecule has 1 saturated carbocycles. The second kappa shape index (κ2) is 9.66. The summed E-state index contributed by atoms with van der Waals surface area (Å²) in [6.07, 6.45) is 9.46. The van der Waals surface area contributed by atoms with Crippen LogP contribution in [0, 0.1) is 11.3 Å². The summed E-state index contributed by atoms with van der Waals surface area (Å²) in [5, 5.41) is 5.05. The van der Waals surface area contributed by atoms with Gasteiger partial charge in [-0.05, 0) is 61.1 Å². The number of thioether (sulfide) groups is 1. The van der Waals surface area contributed by atoms with Crippen molar-refractivity contribution in [1.82, 2.24) is 10.2 Å². The number of ether oxygens (including phenoxy) is 1. The highest BCUT2D eigenvalue weighted by Crippen LogP contribution is 2.63. The number of methoxy groups -OCH3 is 1. The highest BCUT2D eigenvalue weighted by atomic mass is 32.2. The molecule has 1 saturated heterocycles. The molecular weight excluding hydrogens is 456 g/mol. The maximum absolute atomic E-state index is 13.1. The van der Waals surface area contributed by atoms with Crippen LogP contribution in [-0.4, -0.2) is 66.6 Å². The second-order valence-corrected chi connectivity index (χ2v) is 12.2. The first-order valence-corrected chi connectivity index (χ1v) is 13.7. The molecule has 7 heteroatoms. The van der Waals surface area contributed by atoms with Gasteiger partial charge in [-0.1, -0.05) is 50.8 Å². The summed E-state index contributed by atoms with van der Waals surface area (Å²) in [5.41, 5.74) is 2.55. The standard InChI is InChI=1S/C28H38N4O2S/c1-27(2,3)28-18-24(28)35-26(30-28)32(22-10-12-23(34-4)13-11-22)19-20-6-8-21(9-7-20)25(33)31-16-5-14-29-15-17-31/h6-8,10-13,21,24,29H,5,9,14-19H2,1-4H3. The molecule has 0 bridgehead atoms. The van der Waals surface area contributed by atoms with Crippen LogP contribution in [0.25, 0.3) is 0 Å². The predicted molar refractivity (Wildman–Crippen MR) is 145 cm³/mol. The number of allylic oxidation sites excluding steroid dienone is 1. The van der Waals surface area contributed by atoms with Crippen LogP contribution in [0.15, 0.2) is 53.1 Å². The van der Waals surface area contributed by atoms with E-state index < -0.39 is 0 Å². The van der Waals surface area contributed by atoms with Crippen molar-refractivity contribution in [3.8, 4) is 5.75 Å². The monoisotopic (exact) mass is 494 g/mol. The van der Waals surface area contributed by atoms with Gasteiger partial charge in [0.15, 0.2) is 5.17 Å². The van der Waals surface area contributed by atoms with Crippen LogP contribution >= 0.6 is 11.8 Å². The van der Waals surface area contributed by atoms with Crippen LogP contribution in [0.3, 0.4) is 0 Å². The van der Waals surface area contributed by atoms with Gasteiger partial charge < -0.3 is 19.9 Å². The van der Waals surface area contributed by atoms with Crippen LogP contribution in [0.5, 0.6) is 5.75 Å². The average molecular weight is 495 g/mol. The van der Waals surface area contributed by atoms with Crippen LogP contribution in [0.4, 0.5) is 5.69 Å². The molecule has 0 aromatic heterocycles. The van der Waals surface area contributed by atoms with Gasteiger partial charge in [-0.15, -0.1) is 0 Å². The van der Waals surface area contributed by atoms with Gasteiger partial charge in [0.1, 0.15) is 5.75 Å². The van der Waals surface area contributed by atoms with Crippen molar-refractivity contribution in [2.45, 2.75) is 50.8 Å². The molecule has 35 heavy (non-hydrogen) atoms. The fraction of sp³-hybridized carbons (Fsp3) is 0.571. The zero-order chi connectivity index (χ0) is 24.6. The molecule has 4 aliphatic rings. The van der Waals surface area contributed by atoms with Crippen molar-refractivity contribution in [2.75, 3.05) is 44.7 Å². The van der Waals surface area contributed by atoms with Crippen molar-refractivity contribution in [3.05, 3.63) is 48.1 Å². The van der Waals surface area contributed by atoms with Gasteiger partial charge in [0.05, 0.1) is 18.6 Å². The van der Waals surface area contributed by atoms with Gasteiger partial charge in [-0.25, -0.2) is 0 Å². The quantitative estimate of drug-likeness (QED) is 0.654. The number of benzene rings is 1. The van der Waals surface area contributed by atoms with E-state index in [0.29, 0.717) is 5.25 Å². The third-order valence-electron chi connectivity index (χ3n) is 7.81. The van der Waals surface area contributed by atoms with Crippen LogP contribution in [-0.2, 0) is 4.79 Å². The Kier molecular flexibility index (Phi) is 6.75. The van der Waals surface area contributed by atoms with Gasteiger partial charge in [0.2, 0.25) is 5.91 Å². The molecule has 0 spiro atoms. The van der Waals surface area contributed by atoms with Crippen molar-refractivity contribution in [3.63, 3.8) is 0 Å². The normalized spacial score (nSPS) is 28.1. The largest absolute Gasteiger partial charge is 0.497 e. The van der Waals surface area contributed by atoms with E-state index in [2.05, 4.69) is 61.3 Å². The summed E-state index contributed by atoms with van der Waals surface area (Å²) >= 11 is 1.92. The lowest BCUT2D eigenvalue weighted by atomic mass is 9.84. The fourth-order valence-electron chi connectivity index (χ4n) is 5.37. The average Bonchev–Trinajstić information content (AvgIpc) is 3.54. The number of fused-ring (bicyclic) bond motifs is 1.